The molecule has 0 N–H and O–H groups in total. The lowest BCUT2D eigenvalue weighted by molar-refractivity contribution is 0.225. The van der Waals surface area contributed by atoms with Gasteiger partial charge in [0.15, 0.2) is 0 Å². The van der Waals surface area contributed by atoms with Crippen molar-refractivity contribution in [2.75, 3.05) is 52.3 Å². The Morgan fingerprint density at radius 1 is 1.11 bits per heavy atom. The minimum atomic E-state index is 0.189. The number of ether oxygens (including phenoxy) is 1. The Morgan fingerprint density at radius 3 is 2.54 bits per heavy atom. The third-order valence-corrected chi connectivity index (χ3v) is 7.02. The lowest BCUT2D eigenvalue weighted by Gasteiger charge is -2.43. The first-order valence-corrected chi connectivity index (χ1v) is 12.4. The second-order valence-electron chi connectivity index (χ2n) is 9.35. The van der Waals surface area contributed by atoms with Gasteiger partial charge in [0, 0.05) is 68.4 Å². The van der Waals surface area contributed by atoms with Gasteiger partial charge in [0.25, 0.3) is 0 Å². The fourth-order valence-electron chi connectivity index (χ4n) is 4.59. The lowest BCUT2D eigenvalue weighted by Crippen LogP contribution is -2.49. The number of anilines is 1. The van der Waals surface area contributed by atoms with E-state index in [4.69, 9.17) is 16.3 Å². The molecular formula is C29H35ClN4O. The summed E-state index contributed by atoms with van der Waals surface area (Å²) in [6.45, 7) is 10.1. The number of aromatic nitrogens is 1. The Labute approximate surface area is 214 Å². The van der Waals surface area contributed by atoms with Crippen LogP contribution in [0.2, 0.25) is 5.02 Å². The summed E-state index contributed by atoms with van der Waals surface area (Å²) in [7, 11) is 5.75. The first-order chi connectivity index (χ1) is 16.9. The normalized spacial score (nSPS) is 16.3. The smallest absolute Gasteiger partial charge is 0.142 e. The highest BCUT2D eigenvalue weighted by Gasteiger charge is 2.30. The summed E-state index contributed by atoms with van der Waals surface area (Å²) in [6, 6.07) is 19.1. The average molecular weight is 491 g/mol. The fourth-order valence-corrected chi connectivity index (χ4v) is 4.71. The van der Waals surface area contributed by atoms with E-state index in [1.165, 1.54) is 11.1 Å². The monoisotopic (exact) mass is 490 g/mol. The molecule has 1 aliphatic rings. The van der Waals surface area contributed by atoms with E-state index in [9.17, 15) is 0 Å². The van der Waals surface area contributed by atoms with Gasteiger partial charge in [0.1, 0.15) is 5.75 Å². The highest BCUT2D eigenvalue weighted by molar-refractivity contribution is 6.30. The standard InChI is InChI=1S/C29H35ClN4O/c1-21-6-7-23(19-31-21)14-15-33-16-17-34(28(20-33)24-8-11-26(30)12-9-24)27-13-10-25(18-29(27)35-5)22(2)32(3)4/h6-13,18-19,28H,2,14-17,20H2,1,3-5H3/t28-/m0/s1. The van der Waals surface area contributed by atoms with E-state index >= 15 is 0 Å². The first kappa shape index (κ1) is 25.1. The van der Waals surface area contributed by atoms with Gasteiger partial charge in [-0.2, -0.15) is 0 Å². The molecule has 35 heavy (non-hydrogen) atoms. The average Bonchev–Trinajstić information content (AvgIpc) is 2.88. The third-order valence-electron chi connectivity index (χ3n) is 6.77. The third kappa shape index (κ3) is 5.98. The van der Waals surface area contributed by atoms with Crippen LogP contribution in [0.25, 0.3) is 5.70 Å². The molecule has 0 saturated carbocycles. The van der Waals surface area contributed by atoms with Crippen LogP contribution in [0.1, 0.15) is 28.4 Å². The van der Waals surface area contributed by atoms with Crippen molar-refractivity contribution in [1.29, 1.82) is 0 Å². The van der Waals surface area contributed by atoms with Gasteiger partial charge in [0.2, 0.25) is 0 Å². The molecule has 1 aromatic heterocycles. The number of hydrogen-bond donors (Lipinski definition) is 0. The quantitative estimate of drug-likeness (QED) is 0.405. The molecule has 2 heterocycles. The fraction of sp³-hybridized carbons (Fsp3) is 0.345. The van der Waals surface area contributed by atoms with Gasteiger partial charge in [-0.1, -0.05) is 42.4 Å². The Bertz CT molecular complexity index is 1140. The topological polar surface area (TPSA) is 31.8 Å². The number of rotatable bonds is 8. The van der Waals surface area contributed by atoms with Gasteiger partial charge >= 0.3 is 0 Å². The molecule has 0 bridgehead atoms. The van der Waals surface area contributed by atoms with Crippen molar-refractivity contribution in [1.82, 2.24) is 14.8 Å². The second kappa shape index (κ2) is 11.1. The van der Waals surface area contributed by atoms with Gasteiger partial charge in [-0.3, -0.25) is 9.88 Å². The Morgan fingerprint density at radius 2 is 1.89 bits per heavy atom. The van der Waals surface area contributed by atoms with Crippen LogP contribution in [0.5, 0.6) is 5.75 Å². The number of nitrogens with zero attached hydrogens (tertiary/aromatic N) is 4. The zero-order valence-electron chi connectivity index (χ0n) is 21.2. The van der Waals surface area contributed by atoms with Crippen molar-refractivity contribution in [3.63, 3.8) is 0 Å². The summed E-state index contributed by atoms with van der Waals surface area (Å²) in [5.41, 5.74) is 6.70. The van der Waals surface area contributed by atoms with Crippen molar-refractivity contribution >= 4 is 23.0 Å². The highest BCUT2D eigenvalue weighted by atomic mass is 35.5. The molecule has 6 heteroatoms. The summed E-state index contributed by atoms with van der Waals surface area (Å²) in [5.74, 6) is 0.864. The molecule has 5 nitrogen and oxygen atoms in total. The molecule has 0 radical (unpaired) electrons. The Balaban J connectivity index is 1.59. The van der Waals surface area contributed by atoms with Gasteiger partial charge in [-0.25, -0.2) is 0 Å². The molecule has 3 aromatic rings. The van der Waals surface area contributed by atoms with E-state index < -0.39 is 0 Å². The molecule has 184 valence electrons. The van der Waals surface area contributed by atoms with Gasteiger partial charge in [-0.05, 0) is 54.8 Å². The summed E-state index contributed by atoms with van der Waals surface area (Å²) in [4.78, 5) is 11.5. The van der Waals surface area contributed by atoms with Crippen LogP contribution in [0.15, 0.2) is 67.4 Å². The van der Waals surface area contributed by atoms with Crippen LogP contribution in [-0.2, 0) is 6.42 Å². The summed E-state index contributed by atoms with van der Waals surface area (Å²) < 4.78 is 5.87. The Hall–Kier alpha value is -3.02. The van der Waals surface area contributed by atoms with Crippen LogP contribution in [-0.4, -0.2) is 62.2 Å². The van der Waals surface area contributed by atoms with Crippen LogP contribution < -0.4 is 9.64 Å². The van der Waals surface area contributed by atoms with Crippen LogP contribution >= 0.6 is 11.6 Å². The van der Waals surface area contributed by atoms with E-state index in [2.05, 4.69) is 63.8 Å². The molecular weight excluding hydrogens is 456 g/mol. The minimum Gasteiger partial charge on any atom is -0.495 e. The number of aryl methyl sites for hydroxylation is 1. The number of hydrogen-bond acceptors (Lipinski definition) is 5. The van der Waals surface area contributed by atoms with Crippen molar-refractivity contribution in [3.05, 3.63) is 94.8 Å². The molecule has 0 unspecified atom stereocenters. The largest absolute Gasteiger partial charge is 0.495 e. The van der Waals surface area contributed by atoms with Crippen molar-refractivity contribution in [3.8, 4) is 5.75 Å². The molecule has 1 fully saturated rings. The van der Waals surface area contributed by atoms with Crippen LogP contribution in [0.4, 0.5) is 5.69 Å². The number of pyridine rings is 1. The lowest BCUT2D eigenvalue weighted by atomic mass is 10.00. The van der Waals surface area contributed by atoms with E-state index in [1.54, 1.807) is 7.11 Å². The zero-order valence-corrected chi connectivity index (χ0v) is 21.9. The summed E-state index contributed by atoms with van der Waals surface area (Å²) in [5, 5.41) is 0.754. The predicted molar refractivity (Wildman–Crippen MR) is 146 cm³/mol. The molecule has 0 amide bonds. The maximum Gasteiger partial charge on any atom is 0.142 e. The molecule has 2 aromatic carbocycles. The zero-order chi connectivity index (χ0) is 24.9. The highest BCUT2D eigenvalue weighted by Crippen LogP contribution is 2.38. The van der Waals surface area contributed by atoms with Crippen molar-refractivity contribution in [2.24, 2.45) is 0 Å². The molecule has 0 aliphatic carbocycles. The molecule has 1 aliphatic heterocycles. The molecule has 4 rings (SSSR count). The summed E-state index contributed by atoms with van der Waals surface area (Å²) >= 11 is 6.22. The number of halogens is 1. The van der Waals surface area contributed by atoms with Gasteiger partial charge in [0.05, 0.1) is 18.8 Å². The first-order valence-electron chi connectivity index (χ1n) is 12.1. The number of piperazine rings is 1. The van der Waals surface area contributed by atoms with Crippen molar-refractivity contribution < 1.29 is 4.74 Å². The number of methoxy groups -OCH3 is 1. The van der Waals surface area contributed by atoms with E-state index in [1.807, 2.05) is 44.2 Å². The molecule has 1 saturated heterocycles. The van der Waals surface area contributed by atoms with E-state index in [0.717, 1.165) is 66.0 Å². The van der Waals surface area contributed by atoms with Gasteiger partial charge in [-0.15, -0.1) is 0 Å². The van der Waals surface area contributed by atoms with Gasteiger partial charge < -0.3 is 14.5 Å². The van der Waals surface area contributed by atoms with Crippen LogP contribution in [0, 0.1) is 6.92 Å². The molecule has 1 atom stereocenters. The van der Waals surface area contributed by atoms with E-state index in [-0.39, 0.29) is 6.04 Å². The number of benzene rings is 2. The van der Waals surface area contributed by atoms with E-state index in [0.29, 0.717) is 0 Å². The molecule has 0 spiro atoms. The van der Waals surface area contributed by atoms with Crippen molar-refractivity contribution in [2.45, 2.75) is 19.4 Å². The predicted octanol–water partition coefficient (Wildman–Crippen LogP) is 5.69. The maximum absolute atomic E-state index is 6.22. The SMILES string of the molecule is C=C(c1ccc(N2CCN(CCc3ccc(C)nc3)C[C@H]2c2ccc(Cl)cc2)c(OC)c1)N(C)C. The maximum atomic E-state index is 6.22. The summed E-state index contributed by atoms with van der Waals surface area (Å²) in [6.07, 6.45) is 2.99. The Kier molecular flexibility index (Phi) is 7.99. The van der Waals surface area contributed by atoms with Crippen LogP contribution in [0.3, 0.4) is 0 Å². The minimum absolute atomic E-state index is 0.189. The second-order valence-corrected chi connectivity index (χ2v) is 9.78.